The number of nitrogens with zero attached hydrogens (tertiary/aromatic N) is 3. The van der Waals surface area contributed by atoms with Crippen LogP contribution in [0.3, 0.4) is 0 Å². The van der Waals surface area contributed by atoms with Gasteiger partial charge in [-0.15, -0.1) is 0 Å². The van der Waals surface area contributed by atoms with Gasteiger partial charge in [0.2, 0.25) is 0 Å². The van der Waals surface area contributed by atoms with Crippen molar-refractivity contribution in [3.8, 4) is 11.1 Å². The summed E-state index contributed by atoms with van der Waals surface area (Å²) in [5, 5.41) is 10.3. The molecule has 130 valence electrons. The van der Waals surface area contributed by atoms with Crippen LogP contribution in [0.2, 0.25) is 0 Å². The van der Waals surface area contributed by atoms with Crippen LogP contribution < -0.4 is 5.32 Å². The summed E-state index contributed by atoms with van der Waals surface area (Å²) in [4.78, 5) is 5.11. The lowest BCUT2D eigenvalue weighted by atomic mass is 9.93. The third-order valence-electron chi connectivity index (χ3n) is 5.43. The monoisotopic (exact) mass is 342 g/mol. The number of piperidine rings is 1. The number of aryl methyl sites for hydroxylation is 1. The first-order valence-electron chi connectivity index (χ1n) is 9.32. The van der Waals surface area contributed by atoms with E-state index in [2.05, 4.69) is 65.1 Å². The molecule has 5 rings (SSSR count). The van der Waals surface area contributed by atoms with Crippen LogP contribution in [0.25, 0.3) is 32.9 Å². The van der Waals surface area contributed by atoms with Gasteiger partial charge in [0.25, 0.3) is 0 Å². The molecular weight excluding hydrogens is 320 g/mol. The molecule has 3 heterocycles. The molecule has 0 radical (unpaired) electrons. The van der Waals surface area contributed by atoms with Crippen molar-refractivity contribution in [3.63, 3.8) is 0 Å². The third kappa shape index (κ3) is 2.67. The molecule has 0 bridgehead atoms. The zero-order valence-corrected chi connectivity index (χ0v) is 14.9. The van der Waals surface area contributed by atoms with Gasteiger partial charge in [0.1, 0.15) is 0 Å². The quantitative estimate of drug-likeness (QED) is 0.592. The maximum Gasteiger partial charge on any atom is 0.0923 e. The van der Waals surface area contributed by atoms with Crippen LogP contribution in [0.15, 0.2) is 54.7 Å². The van der Waals surface area contributed by atoms with Crippen LogP contribution in [0.5, 0.6) is 0 Å². The van der Waals surface area contributed by atoms with Gasteiger partial charge >= 0.3 is 0 Å². The number of benzene rings is 2. The van der Waals surface area contributed by atoms with Gasteiger partial charge in [-0.1, -0.05) is 30.3 Å². The Bertz CT molecular complexity index is 1090. The minimum Gasteiger partial charge on any atom is -0.317 e. The fourth-order valence-electron chi connectivity index (χ4n) is 4.06. The average Bonchev–Trinajstić information content (AvgIpc) is 3.07. The van der Waals surface area contributed by atoms with Crippen LogP contribution in [-0.4, -0.2) is 27.9 Å². The maximum atomic E-state index is 5.11. The number of aromatic nitrogens is 3. The highest BCUT2D eigenvalue weighted by Crippen LogP contribution is 2.32. The van der Waals surface area contributed by atoms with Gasteiger partial charge in [0, 0.05) is 41.2 Å². The molecule has 26 heavy (non-hydrogen) atoms. The van der Waals surface area contributed by atoms with E-state index in [1.807, 2.05) is 11.7 Å². The van der Waals surface area contributed by atoms with Crippen LogP contribution in [-0.2, 0) is 7.05 Å². The Kier molecular flexibility index (Phi) is 3.71. The second-order valence-electron chi connectivity index (χ2n) is 7.21. The summed E-state index contributed by atoms with van der Waals surface area (Å²) in [5.74, 6) is 0.564. The Balaban J connectivity index is 1.65. The zero-order valence-electron chi connectivity index (χ0n) is 14.9. The van der Waals surface area contributed by atoms with Crippen molar-refractivity contribution < 1.29 is 0 Å². The van der Waals surface area contributed by atoms with Gasteiger partial charge in [-0.2, -0.15) is 5.10 Å². The molecule has 4 nitrogen and oxygen atoms in total. The van der Waals surface area contributed by atoms with Crippen molar-refractivity contribution in [1.82, 2.24) is 20.1 Å². The van der Waals surface area contributed by atoms with Crippen LogP contribution >= 0.6 is 0 Å². The molecule has 0 unspecified atom stereocenters. The Morgan fingerprint density at radius 3 is 2.77 bits per heavy atom. The Morgan fingerprint density at radius 1 is 1.00 bits per heavy atom. The van der Waals surface area contributed by atoms with Crippen molar-refractivity contribution in [2.75, 3.05) is 13.1 Å². The summed E-state index contributed by atoms with van der Waals surface area (Å²) in [6, 6.07) is 17.4. The first-order valence-corrected chi connectivity index (χ1v) is 9.32. The Labute approximate surface area is 152 Å². The van der Waals surface area contributed by atoms with Gasteiger partial charge in [-0.25, -0.2) is 0 Å². The predicted octanol–water partition coefficient (Wildman–Crippen LogP) is 4.26. The van der Waals surface area contributed by atoms with E-state index in [0.717, 1.165) is 29.5 Å². The fraction of sp³-hybridized carbons (Fsp3) is 0.273. The Morgan fingerprint density at radius 2 is 1.88 bits per heavy atom. The summed E-state index contributed by atoms with van der Waals surface area (Å²) >= 11 is 0. The van der Waals surface area contributed by atoms with Gasteiger partial charge in [-0.05, 0) is 49.7 Å². The van der Waals surface area contributed by atoms with E-state index in [-0.39, 0.29) is 0 Å². The smallest absolute Gasteiger partial charge is 0.0923 e. The minimum absolute atomic E-state index is 0.564. The number of hydrogen-bond donors (Lipinski definition) is 1. The second-order valence-corrected chi connectivity index (χ2v) is 7.21. The van der Waals surface area contributed by atoms with E-state index in [1.165, 1.54) is 35.0 Å². The van der Waals surface area contributed by atoms with Crippen molar-refractivity contribution >= 4 is 21.8 Å². The average molecular weight is 342 g/mol. The molecule has 0 saturated carbocycles. The molecular formula is C22H22N4. The Hall–Kier alpha value is -2.72. The zero-order chi connectivity index (χ0) is 17.5. The number of pyridine rings is 1. The molecule has 0 aliphatic carbocycles. The van der Waals surface area contributed by atoms with E-state index >= 15 is 0 Å². The van der Waals surface area contributed by atoms with Gasteiger partial charge in [-0.3, -0.25) is 9.67 Å². The lowest BCUT2D eigenvalue weighted by Gasteiger charge is -2.22. The molecule has 1 saturated heterocycles. The minimum atomic E-state index is 0.564. The largest absolute Gasteiger partial charge is 0.317 e. The van der Waals surface area contributed by atoms with E-state index in [4.69, 9.17) is 4.98 Å². The number of nitrogens with one attached hydrogen (secondary N) is 1. The normalized spacial score (nSPS) is 15.7. The topological polar surface area (TPSA) is 42.7 Å². The highest BCUT2D eigenvalue weighted by atomic mass is 15.2. The second kappa shape index (κ2) is 6.22. The highest BCUT2D eigenvalue weighted by Gasteiger charge is 2.17. The summed E-state index contributed by atoms with van der Waals surface area (Å²) in [6.45, 7) is 2.17. The van der Waals surface area contributed by atoms with Crippen molar-refractivity contribution in [3.05, 3.63) is 60.4 Å². The molecule has 2 aromatic heterocycles. The summed E-state index contributed by atoms with van der Waals surface area (Å²) in [5.41, 5.74) is 5.76. The van der Waals surface area contributed by atoms with Gasteiger partial charge < -0.3 is 5.32 Å². The van der Waals surface area contributed by atoms with Gasteiger partial charge in [0.05, 0.1) is 11.0 Å². The van der Waals surface area contributed by atoms with E-state index in [9.17, 15) is 0 Å². The molecule has 1 aliphatic rings. The van der Waals surface area contributed by atoms with E-state index in [0.29, 0.717) is 5.92 Å². The predicted molar refractivity (Wildman–Crippen MR) is 106 cm³/mol. The molecule has 1 fully saturated rings. The van der Waals surface area contributed by atoms with E-state index in [1.54, 1.807) is 0 Å². The number of rotatable bonds is 2. The summed E-state index contributed by atoms with van der Waals surface area (Å²) in [6.07, 6.45) is 4.41. The molecule has 4 heteroatoms. The van der Waals surface area contributed by atoms with Gasteiger partial charge in [0.15, 0.2) is 0 Å². The summed E-state index contributed by atoms with van der Waals surface area (Å²) in [7, 11) is 1.96. The molecule has 0 spiro atoms. The number of hydrogen-bond acceptors (Lipinski definition) is 3. The molecule has 4 aromatic rings. The molecule has 2 aromatic carbocycles. The van der Waals surface area contributed by atoms with E-state index < -0.39 is 0 Å². The SMILES string of the molecule is Cn1cc2cc(-c3cccc4ccc(C5CCNCC5)nc34)ccc2n1. The summed E-state index contributed by atoms with van der Waals surface area (Å²) < 4.78 is 1.87. The first-order chi connectivity index (χ1) is 12.8. The van der Waals surface area contributed by atoms with Crippen LogP contribution in [0.1, 0.15) is 24.5 Å². The highest BCUT2D eigenvalue weighted by molar-refractivity contribution is 5.96. The molecule has 0 atom stereocenters. The van der Waals surface area contributed by atoms with Crippen molar-refractivity contribution in [2.24, 2.45) is 7.05 Å². The first kappa shape index (κ1) is 15.5. The third-order valence-corrected chi connectivity index (χ3v) is 5.43. The van der Waals surface area contributed by atoms with Crippen molar-refractivity contribution in [2.45, 2.75) is 18.8 Å². The standard InChI is InChI=1S/C22H22N4/c1-26-14-18-13-17(6-8-21(18)25-26)19-4-2-3-16-5-7-20(24-22(16)19)15-9-11-23-12-10-15/h2-8,13-15,23H,9-12H2,1H3. The number of fused-ring (bicyclic) bond motifs is 2. The molecule has 1 aliphatic heterocycles. The number of para-hydroxylation sites is 1. The van der Waals surface area contributed by atoms with Crippen molar-refractivity contribution in [1.29, 1.82) is 0 Å². The van der Waals surface area contributed by atoms with Crippen LogP contribution in [0.4, 0.5) is 0 Å². The molecule has 1 N–H and O–H groups in total. The lowest BCUT2D eigenvalue weighted by Crippen LogP contribution is -2.27. The van der Waals surface area contributed by atoms with Crippen LogP contribution in [0, 0.1) is 0 Å². The fourth-order valence-corrected chi connectivity index (χ4v) is 4.06. The maximum absolute atomic E-state index is 5.11. The lowest BCUT2D eigenvalue weighted by molar-refractivity contribution is 0.454. The molecule has 0 amide bonds.